The Balaban J connectivity index is 2.42. The molecule has 0 unspecified atom stereocenters. The van der Waals surface area contributed by atoms with Gasteiger partial charge in [0.05, 0.1) is 5.52 Å². The smallest absolute Gasteiger partial charge is 0.253 e. The lowest BCUT2D eigenvalue weighted by molar-refractivity contribution is 0.0802. The summed E-state index contributed by atoms with van der Waals surface area (Å²) in [5.41, 5.74) is 2.38. The van der Waals surface area contributed by atoms with Crippen molar-refractivity contribution in [1.82, 2.24) is 19.9 Å². The molecule has 17 heavy (non-hydrogen) atoms. The van der Waals surface area contributed by atoms with E-state index < -0.39 is 0 Å². The Bertz CT molecular complexity index is 546. The molecular weight excluding hydrogens is 216 g/mol. The molecule has 1 aromatic heterocycles. The minimum atomic E-state index is 0.0143. The predicted octanol–water partition coefficient (Wildman–Crippen LogP) is 1.54. The van der Waals surface area contributed by atoms with Gasteiger partial charge in [0, 0.05) is 25.7 Å². The lowest BCUT2D eigenvalue weighted by atomic mass is 10.2. The van der Waals surface area contributed by atoms with Gasteiger partial charge in [0.1, 0.15) is 5.52 Å². The van der Waals surface area contributed by atoms with E-state index in [0.29, 0.717) is 12.1 Å². The van der Waals surface area contributed by atoms with Crippen LogP contribution in [-0.2, 0) is 6.54 Å². The summed E-state index contributed by atoms with van der Waals surface area (Å²) >= 11 is 0. The third kappa shape index (κ3) is 2.00. The van der Waals surface area contributed by atoms with Gasteiger partial charge in [0.2, 0.25) is 0 Å². The van der Waals surface area contributed by atoms with Crippen LogP contribution in [0.3, 0.4) is 0 Å². The molecule has 0 spiro atoms. The maximum Gasteiger partial charge on any atom is 0.253 e. The number of fused-ring (bicyclic) bond motifs is 1. The second-order valence-corrected chi connectivity index (χ2v) is 3.93. The summed E-state index contributed by atoms with van der Waals surface area (Å²) in [6.45, 7) is 5.43. The summed E-state index contributed by atoms with van der Waals surface area (Å²) in [5, 5.41) is 8.08. The molecule has 90 valence electrons. The number of aryl methyl sites for hydroxylation is 1. The standard InChI is InChI=1S/C12H16N4O/c1-4-15(3)12(17)9-6-7-11-10(8-9)13-14-16(11)5-2/h6-8H,4-5H2,1-3H3. The van der Waals surface area contributed by atoms with Gasteiger partial charge in [-0.25, -0.2) is 4.68 Å². The van der Waals surface area contributed by atoms with Crippen LogP contribution in [0.1, 0.15) is 24.2 Å². The molecule has 0 saturated carbocycles. The Morgan fingerprint density at radius 1 is 1.41 bits per heavy atom. The van der Waals surface area contributed by atoms with Gasteiger partial charge < -0.3 is 4.90 Å². The molecule has 0 saturated heterocycles. The van der Waals surface area contributed by atoms with Crippen LogP contribution in [0.25, 0.3) is 11.0 Å². The summed E-state index contributed by atoms with van der Waals surface area (Å²) in [6.07, 6.45) is 0. The zero-order chi connectivity index (χ0) is 12.4. The van der Waals surface area contributed by atoms with Gasteiger partial charge in [-0.2, -0.15) is 0 Å². The molecule has 0 radical (unpaired) electrons. The van der Waals surface area contributed by atoms with Crippen LogP contribution >= 0.6 is 0 Å². The number of benzene rings is 1. The van der Waals surface area contributed by atoms with Crippen molar-refractivity contribution in [3.8, 4) is 0 Å². The first-order chi connectivity index (χ1) is 8.17. The third-order valence-corrected chi connectivity index (χ3v) is 2.88. The average molecular weight is 232 g/mol. The van der Waals surface area contributed by atoms with Crippen molar-refractivity contribution in [2.45, 2.75) is 20.4 Å². The molecule has 0 bridgehead atoms. The van der Waals surface area contributed by atoms with E-state index in [1.165, 1.54) is 0 Å². The first-order valence-electron chi connectivity index (χ1n) is 5.76. The van der Waals surface area contributed by atoms with Crippen molar-refractivity contribution in [2.24, 2.45) is 0 Å². The minimum absolute atomic E-state index is 0.0143. The van der Waals surface area contributed by atoms with Gasteiger partial charge >= 0.3 is 0 Å². The average Bonchev–Trinajstić information content (AvgIpc) is 2.78. The highest BCUT2D eigenvalue weighted by atomic mass is 16.2. The molecule has 1 amide bonds. The van der Waals surface area contributed by atoms with E-state index in [1.54, 1.807) is 18.0 Å². The summed E-state index contributed by atoms with van der Waals surface area (Å²) in [6, 6.07) is 5.52. The van der Waals surface area contributed by atoms with Gasteiger partial charge in [0.15, 0.2) is 0 Å². The molecule has 0 atom stereocenters. The lowest BCUT2D eigenvalue weighted by Gasteiger charge is -2.14. The first-order valence-corrected chi connectivity index (χ1v) is 5.76. The molecule has 0 aliphatic rings. The van der Waals surface area contributed by atoms with E-state index in [4.69, 9.17) is 0 Å². The van der Waals surface area contributed by atoms with E-state index in [0.717, 1.165) is 17.6 Å². The zero-order valence-corrected chi connectivity index (χ0v) is 10.3. The molecule has 5 heteroatoms. The fourth-order valence-electron chi connectivity index (χ4n) is 1.70. The van der Waals surface area contributed by atoms with E-state index in [1.807, 2.05) is 30.7 Å². The van der Waals surface area contributed by atoms with Gasteiger partial charge in [-0.3, -0.25) is 4.79 Å². The number of amides is 1. The summed E-state index contributed by atoms with van der Waals surface area (Å²) in [4.78, 5) is 13.6. The van der Waals surface area contributed by atoms with Gasteiger partial charge in [-0.05, 0) is 32.0 Å². The predicted molar refractivity (Wildman–Crippen MR) is 65.8 cm³/mol. The molecule has 0 aliphatic carbocycles. The molecule has 0 fully saturated rings. The molecule has 2 aromatic rings. The van der Waals surface area contributed by atoms with Crippen molar-refractivity contribution in [2.75, 3.05) is 13.6 Å². The van der Waals surface area contributed by atoms with Gasteiger partial charge in [0.25, 0.3) is 5.91 Å². The largest absolute Gasteiger partial charge is 0.342 e. The number of carbonyl (C=O) groups excluding carboxylic acids is 1. The molecule has 1 aromatic carbocycles. The molecular formula is C12H16N4O. The Morgan fingerprint density at radius 2 is 2.18 bits per heavy atom. The molecule has 2 rings (SSSR count). The summed E-state index contributed by atoms with van der Waals surface area (Å²) < 4.78 is 1.81. The highest BCUT2D eigenvalue weighted by molar-refractivity contribution is 5.97. The molecule has 1 heterocycles. The Morgan fingerprint density at radius 3 is 2.82 bits per heavy atom. The number of nitrogens with zero attached hydrogens (tertiary/aromatic N) is 4. The van der Waals surface area contributed by atoms with Gasteiger partial charge in [-0.15, -0.1) is 5.10 Å². The van der Waals surface area contributed by atoms with Crippen LogP contribution in [0.4, 0.5) is 0 Å². The van der Waals surface area contributed by atoms with Crippen molar-refractivity contribution >= 4 is 16.9 Å². The normalized spacial score (nSPS) is 10.8. The van der Waals surface area contributed by atoms with Crippen LogP contribution in [0.2, 0.25) is 0 Å². The second-order valence-electron chi connectivity index (χ2n) is 3.93. The maximum absolute atomic E-state index is 12.0. The van der Waals surface area contributed by atoms with Gasteiger partial charge in [-0.1, -0.05) is 5.21 Å². The third-order valence-electron chi connectivity index (χ3n) is 2.88. The van der Waals surface area contributed by atoms with E-state index >= 15 is 0 Å². The summed E-state index contributed by atoms with van der Waals surface area (Å²) in [7, 11) is 1.79. The number of rotatable bonds is 3. The fraction of sp³-hybridized carbons (Fsp3) is 0.417. The number of carbonyl (C=O) groups is 1. The van der Waals surface area contributed by atoms with Crippen LogP contribution < -0.4 is 0 Å². The van der Waals surface area contributed by atoms with Crippen molar-refractivity contribution in [3.05, 3.63) is 23.8 Å². The highest BCUT2D eigenvalue weighted by Crippen LogP contribution is 2.14. The van der Waals surface area contributed by atoms with E-state index in [9.17, 15) is 4.79 Å². The van der Waals surface area contributed by atoms with Crippen molar-refractivity contribution in [3.63, 3.8) is 0 Å². The molecule has 0 N–H and O–H groups in total. The van der Waals surface area contributed by atoms with Crippen LogP contribution in [0.15, 0.2) is 18.2 Å². The first kappa shape index (κ1) is 11.6. The maximum atomic E-state index is 12.0. The Kier molecular flexibility index (Phi) is 3.08. The number of hydrogen-bond acceptors (Lipinski definition) is 3. The Hall–Kier alpha value is -1.91. The Labute approximate surface area is 100 Å². The van der Waals surface area contributed by atoms with E-state index in [-0.39, 0.29) is 5.91 Å². The monoisotopic (exact) mass is 232 g/mol. The summed E-state index contributed by atoms with van der Waals surface area (Å²) in [5.74, 6) is 0.0143. The highest BCUT2D eigenvalue weighted by Gasteiger charge is 2.12. The van der Waals surface area contributed by atoms with Crippen LogP contribution in [0, 0.1) is 0 Å². The van der Waals surface area contributed by atoms with Crippen LogP contribution in [-0.4, -0.2) is 39.4 Å². The quantitative estimate of drug-likeness (QED) is 0.806. The minimum Gasteiger partial charge on any atom is -0.342 e. The SMILES string of the molecule is CCN(C)C(=O)c1ccc2c(c1)nnn2CC. The van der Waals surface area contributed by atoms with E-state index in [2.05, 4.69) is 10.3 Å². The number of hydrogen-bond donors (Lipinski definition) is 0. The van der Waals surface area contributed by atoms with Crippen molar-refractivity contribution < 1.29 is 4.79 Å². The number of aromatic nitrogens is 3. The fourth-order valence-corrected chi connectivity index (χ4v) is 1.70. The van der Waals surface area contributed by atoms with Crippen LogP contribution in [0.5, 0.6) is 0 Å². The van der Waals surface area contributed by atoms with Crippen molar-refractivity contribution in [1.29, 1.82) is 0 Å². The second kappa shape index (κ2) is 4.53. The zero-order valence-electron chi connectivity index (χ0n) is 10.3. The lowest BCUT2D eigenvalue weighted by Crippen LogP contribution is -2.26. The molecule has 5 nitrogen and oxygen atoms in total. The topological polar surface area (TPSA) is 51.0 Å². The molecule has 0 aliphatic heterocycles.